The molecule has 2 rings (SSSR count). The maximum Gasteiger partial charge on any atom is 0.191 e. The van der Waals surface area contributed by atoms with Crippen molar-refractivity contribution in [1.29, 1.82) is 0 Å². The maximum atomic E-state index is 5.38. The van der Waals surface area contributed by atoms with Crippen LogP contribution in [0.15, 0.2) is 27.8 Å². The molecule has 144 valence electrons. The molecule has 1 heterocycles. The zero-order valence-corrected chi connectivity index (χ0v) is 18.5. The molecule has 0 saturated heterocycles. The Morgan fingerprint density at radius 1 is 1.44 bits per heavy atom. The molecule has 1 aliphatic carbocycles. The molecule has 25 heavy (non-hydrogen) atoms. The molecule has 1 aromatic heterocycles. The molecule has 0 amide bonds. The fourth-order valence-electron chi connectivity index (χ4n) is 3.02. The Morgan fingerprint density at radius 2 is 2.32 bits per heavy atom. The number of aliphatic imine (C=N–C) groups is 1. The monoisotopic (exact) mass is 481 g/mol. The molecular formula is C18H32IN3O2S. The van der Waals surface area contributed by atoms with Crippen LogP contribution in [0.1, 0.15) is 38.4 Å². The van der Waals surface area contributed by atoms with Crippen molar-refractivity contribution in [2.45, 2.75) is 50.3 Å². The fraction of sp³-hybridized carbons (Fsp3) is 0.722. The lowest BCUT2D eigenvalue weighted by Crippen LogP contribution is -2.46. The predicted molar refractivity (Wildman–Crippen MR) is 117 cm³/mol. The van der Waals surface area contributed by atoms with Gasteiger partial charge in [0.1, 0.15) is 5.76 Å². The van der Waals surface area contributed by atoms with Crippen LogP contribution in [0.3, 0.4) is 0 Å². The normalized spacial score (nSPS) is 20.8. The topological polar surface area (TPSA) is 58.8 Å². The summed E-state index contributed by atoms with van der Waals surface area (Å²) in [6, 6.07) is 4.44. The van der Waals surface area contributed by atoms with Crippen LogP contribution in [0.2, 0.25) is 0 Å². The lowest BCUT2D eigenvalue weighted by atomic mass is 9.95. The number of thioether (sulfide) groups is 1. The lowest BCUT2D eigenvalue weighted by Gasteiger charge is -2.30. The highest BCUT2D eigenvalue weighted by atomic mass is 127. The van der Waals surface area contributed by atoms with Crippen molar-refractivity contribution in [3.63, 3.8) is 0 Å². The smallest absolute Gasteiger partial charge is 0.191 e. The molecule has 1 aliphatic rings. The molecular weight excluding hydrogens is 449 g/mol. The van der Waals surface area contributed by atoms with Crippen LogP contribution in [-0.2, 0) is 11.2 Å². The zero-order valence-electron chi connectivity index (χ0n) is 15.3. The van der Waals surface area contributed by atoms with Crippen molar-refractivity contribution >= 4 is 41.7 Å². The van der Waals surface area contributed by atoms with Gasteiger partial charge in [-0.05, 0) is 37.1 Å². The van der Waals surface area contributed by atoms with Gasteiger partial charge in [0.05, 0.1) is 19.4 Å². The molecule has 2 N–H and O–H groups in total. The summed E-state index contributed by atoms with van der Waals surface area (Å²) in [6.07, 6.45) is 7.67. The second kappa shape index (κ2) is 13.7. The SMILES string of the molecule is CCSC1CCCC(NC(=NCCOC)NCCc2ccco2)C1.I. The number of nitrogens with one attached hydrogen (secondary N) is 2. The van der Waals surface area contributed by atoms with Crippen molar-refractivity contribution in [3.05, 3.63) is 24.2 Å². The van der Waals surface area contributed by atoms with Crippen LogP contribution in [0, 0.1) is 0 Å². The van der Waals surface area contributed by atoms with Gasteiger partial charge in [-0.2, -0.15) is 11.8 Å². The van der Waals surface area contributed by atoms with Gasteiger partial charge in [-0.1, -0.05) is 13.3 Å². The van der Waals surface area contributed by atoms with E-state index in [2.05, 4.69) is 34.3 Å². The van der Waals surface area contributed by atoms with E-state index in [1.165, 1.54) is 31.4 Å². The molecule has 0 spiro atoms. The van der Waals surface area contributed by atoms with Gasteiger partial charge in [0.2, 0.25) is 0 Å². The summed E-state index contributed by atoms with van der Waals surface area (Å²) in [5, 5.41) is 7.83. The van der Waals surface area contributed by atoms with Gasteiger partial charge < -0.3 is 19.8 Å². The highest BCUT2D eigenvalue weighted by Crippen LogP contribution is 2.28. The van der Waals surface area contributed by atoms with E-state index < -0.39 is 0 Å². The number of guanidine groups is 1. The predicted octanol–water partition coefficient (Wildman–Crippen LogP) is 3.69. The van der Waals surface area contributed by atoms with Crippen LogP contribution < -0.4 is 10.6 Å². The summed E-state index contributed by atoms with van der Waals surface area (Å²) < 4.78 is 10.5. The number of hydrogen-bond acceptors (Lipinski definition) is 4. The van der Waals surface area contributed by atoms with Crippen molar-refractivity contribution in [3.8, 4) is 0 Å². The van der Waals surface area contributed by atoms with Crippen molar-refractivity contribution in [2.24, 2.45) is 4.99 Å². The average molecular weight is 481 g/mol. The molecule has 0 aliphatic heterocycles. The number of ether oxygens (including phenoxy) is 1. The Balaban J connectivity index is 0.00000312. The van der Waals surface area contributed by atoms with E-state index >= 15 is 0 Å². The van der Waals surface area contributed by atoms with E-state index in [0.29, 0.717) is 19.2 Å². The van der Waals surface area contributed by atoms with Crippen LogP contribution in [0.4, 0.5) is 0 Å². The summed E-state index contributed by atoms with van der Waals surface area (Å²) in [6.45, 7) is 4.37. The van der Waals surface area contributed by atoms with Crippen LogP contribution in [-0.4, -0.2) is 49.8 Å². The maximum absolute atomic E-state index is 5.38. The highest BCUT2D eigenvalue weighted by Gasteiger charge is 2.22. The van der Waals surface area contributed by atoms with E-state index in [-0.39, 0.29) is 24.0 Å². The first-order valence-electron chi connectivity index (χ1n) is 8.99. The summed E-state index contributed by atoms with van der Waals surface area (Å²) in [5.41, 5.74) is 0. The molecule has 1 aromatic rings. The molecule has 1 saturated carbocycles. The number of rotatable bonds is 9. The van der Waals surface area contributed by atoms with E-state index in [0.717, 1.165) is 29.9 Å². The Labute approximate surface area is 173 Å². The molecule has 7 heteroatoms. The fourth-order valence-corrected chi connectivity index (χ4v) is 4.19. The Hall–Kier alpha value is -0.410. The Kier molecular flexibility index (Phi) is 12.4. The first kappa shape index (κ1) is 22.6. The largest absolute Gasteiger partial charge is 0.469 e. The first-order valence-corrected chi connectivity index (χ1v) is 10.0. The van der Waals surface area contributed by atoms with Crippen LogP contribution in [0.25, 0.3) is 0 Å². The number of hydrogen-bond donors (Lipinski definition) is 2. The molecule has 2 unspecified atom stereocenters. The van der Waals surface area contributed by atoms with Gasteiger partial charge in [-0.3, -0.25) is 4.99 Å². The van der Waals surface area contributed by atoms with Crippen molar-refractivity contribution < 1.29 is 9.15 Å². The van der Waals surface area contributed by atoms with E-state index in [9.17, 15) is 0 Å². The standard InChI is InChI=1S/C18H31N3O2S.HI/c1-3-24-17-8-4-6-15(14-17)21-18(20-11-13-22-2)19-10-9-16-7-5-12-23-16;/h5,7,12,15,17H,3-4,6,8-11,13-14H2,1-2H3,(H2,19,20,21);1H. The summed E-state index contributed by atoms with van der Waals surface area (Å²) in [7, 11) is 1.71. The van der Waals surface area contributed by atoms with Gasteiger partial charge >= 0.3 is 0 Å². The van der Waals surface area contributed by atoms with Crippen molar-refractivity contribution in [1.82, 2.24) is 10.6 Å². The molecule has 0 bridgehead atoms. The van der Waals surface area contributed by atoms with Crippen LogP contribution >= 0.6 is 35.7 Å². The average Bonchev–Trinajstić information content (AvgIpc) is 3.09. The van der Waals surface area contributed by atoms with E-state index in [1.807, 2.05) is 12.1 Å². The third-order valence-corrected chi connectivity index (χ3v) is 5.41. The van der Waals surface area contributed by atoms with Gasteiger partial charge in [0.15, 0.2) is 5.96 Å². The van der Waals surface area contributed by atoms with Gasteiger partial charge in [0, 0.05) is 31.4 Å². The van der Waals surface area contributed by atoms with E-state index in [4.69, 9.17) is 9.15 Å². The van der Waals surface area contributed by atoms with Crippen molar-refractivity contribution in [2.75, 3.05) is 32.6 Å². The van der Waals surface area contributed by atoms with Gasteiger partial charge in [-0.25, -0.2) is 0 Å². The highest BCUT2D eigenvalue weighted by molar-refractivity contribution is 14.0. The molecule has 2 atom stereocenters. The minimum atomic E-state index is 0. The molecule has 0 radical (unpaired) electrons. The summed E-state index contributed by atoms with van der Waals surface area (Å²) in [4.78, 5) is 4.63. The van der Waals surface area contributed by atoms with Gasteiger partial charge in [0.25, 0.3) is 0 Å². The van der Waals surface area contributed by atoms with Crippen LogP contribution in [0.5, 0.6) is 0 Å². The third kappa shape index (κ3) is 9.19. The Bertz CT molecular complexity index is 469. The Morgan fingerprint density at radius 3 is 3.04 bits per heavy atom. The van der Waals surface area contributed by atoms with Gasteiger partial charge in [-0.15, -0.1) is 24.0 Å². The van der Waals surface area contributed by atoms with E-state index in [1.54, 1.807) is 13.4 Å². The molecule has 5 nitrogen and oxygen atoms in total. The number of nitrogens with zero attached hydrogens (tertiary/aromatic N) is 1. The lowest BCUT2D eigenvalue weighted by molar-refractivity contribution is 0.207. The molecule has 0 aromatic carbocycles. The minimum Gasteiger partial charge on any atom is -0.469 e. The second-order valence-corrected chi connectivity index (χ2v) is 7.64. The number of furan rings is 1. The second-order valence-electron chi connectivity index (χ2n) is 6.06. The summed E-state index contributed by atoms with van der Waals surface area (Å²) >= 11 is 2.09. The first-order chi connectivity index (χ1) is 11.8. The quantitative estimate of drug-likeness (QED) is 0.244. The minimum absolute atomic E-state index is 0. The third-order valence-electron chi connectivity index (χ3n) is 4.18. The zero-order chi connectivity index (χ0) is 17.0. The number of halogens is 1. The molecule has 1 fully saturated rings. The summed E-state index contributed by atoms with van der Waals surface area (Å²) in [5.74, 6) is 3.09. The number of methoxy groups -OCH3 is 1.